The van der Waals surface area contributed by atoms with Crippen molar-refractivity contribution in [2.24, 2.45) is 0 Å². The lowest BCUT2D eigenvalue weighted by Gasteiger charge is -2.25. The molecule has 1 fully saturated rings. The summed E-state index contributed by atoms with van der Waals surface area (Å²) in [5, 5.41) is 47.8. The summed E-state index contributed by atoms with van der Waals surface area (Å²) >= 11 is 0. The van der Waals surface area contributed by atoms with Crippen molar-refractivity contribution in [3.05, 3.63) is 0 Å². The molecule has 9 nitrogen and oxygen atoms in total. The van der Waals surface area contributed by atoms with Crippen molar-refractivity contribution < 1.29 is 42.7 Å². The van der Waals surface area contributed by atoms with Gasteiger partial charge in [0.25, 0.3) is 0 Å². The van der Waals surface area contributed by atoms with Gasteiger partial charge in [-0.1, -0.05) is 6.92 Å². The van der Waals surface area contributed by atoms with E-state index in [0.29, 0.717) is 0 Å². The zero-order valence-electron chi connectivity index (χ0n) is 12.0. The van der Waals surface area contributed by atoms with Crippen molar-refractivity contribution in [3.63, 3.8) is 0 Å². The Morgan fingerprint density at radius 3 is 2.32 bits per heavy atom. The van der Waals surface area contributed by atoms with Crippen LogP contribution in [0.3, 0.4) is 0 Å². The molecule has 0 amide bonds. The monoisotopic (exact) mass is 363 g/mol. The molecule has 0 aromatic heterocycles. The van der Waals surface area contributed by atoms with E-state index < -0.39 is 63.7 Å². The van der Waals surface area contributed by atoms with Crippen LogP contribution >= 0.6 is 0 Å². The zero-order valence-corrected chi connectivity index (χ0v) is 13.7. The fraction of sp³-hybridized carbons (Fsp3) is 1.00. The van der Waals surface area contributed by atoms with Gasteiger partial charge in [0.1, 0.15) is 35.9 Å². The second-order valence-electron chi connectivity index (χ2n) is 5.18. The first kappa shape index (κ1) is 20.1. The third kappa shape index (κ3) is 5.28. The molecule has 0 spiro atoms. The van der Waals surface area contributed by atoms with Crippen LogP contribution < -0.4 is 0 Å². The maximum Gasteiger partial charge on any atom is 0.397 e. The Morgan fingerprint density at radius 2 is 1.86 bits per heavy atom. The van der Waals surface area contributed by atoms with Crippen LogP contribution in [0.4, 0.5) is 0 Å². The molecule has 0 aliphatic carbocycles. The molecule has 0 bridgehead atoms. The number of hydrogen-bond donors (Lipinski definition) is 6. The van der Waals surface area contributed by atoms with Crippen molar-refractivity contribution in [2.75, 3.05) is 18.1 Å². The summed E-state index contributed by atoms with van der Waals surface area (Å²) in [6, 6.07) is 0. The first-order chi connectivity index (χ1) is 10.1. The van der Waals surface area contributed by atoms with Crippen LogP contribution in [-0.4, -0.2) is 92.4 Å². The third-order valence-corrected chi connectivity index (χ3v) is 6.85. The van der Waals surface area contributed by atoms with E-state index in [2.05, 4.69) is 4.18 Å². The molecule has 1 aliphatic rings. The molecule has 1 unspecified atom stereocenters. The molecule has 0 saturated carbocycles. The van der Waals surface area contributed by atoms with Crippen molar-refractivity contribution >= 4 is 21.3 Å². The van der Waals surface area contributed by atoms with Gasteiger partial charge in [-0.3, -0.25) is 4.55 Å². The number of aliphatic hydroxyl groups excluding tert-OH is 5. The molecule has 0 radical (unpaired) electrons. The summed E-state index contributed by atoms with van der Waals surface area (Å²) in [6.07, 6.45) is -6.43. The fourth-order valence-corrected chi connectivity index (χ4v) is 5.58. The van der Waals surface area contributed by atoms with Crippen LogP contribution in [-0.2, 0) is 25.5 Å². The molecule has 0 aromatic rings. The molecule has 22 heavy (non-hydrogen) atoms. The van der Waals surface area contributed by atoms with Gasteiger partial charge >= 0.3 is 10.4 Å². The topological polar surface area (TPSA) is 165 Å². The maximum atomic E-state index is 10.8. The second kappa shape index (κ2) is 8.22. The minimum atomic E-state index is -4.86. The lowest BCUT2D eigenvalue weighted by molar-refractivity contribution is -0.0375. The van der Waals surface area contributed by atoms with Crippen molar-refractivity contribution in [2.45, 2.75) is 49.1 Å². The average molecular weight is 363 g/mol. The summed E-state index contributed by atoms with van der Waals surface area (Å²) in [7, 11) is -5.65. The van der Waals surface area contributed by atoms with Crippen molar-refractivity contribution in [1.29, 1.82) is 0 Å². The molecule has 132 valence electrons. The lowest BCUT2D eigenvalue weighted by Crippen LogP contribution is -2.46. The van der Waals surface area contributed by atoms with Gasteiger partial charge in [-0.2, -0.15) is 8.42 Å². The summed E-state index contributed by atoms with van der Waals surface area (Å²) < 4.78 is 34.7. The van der Waals surface area contributed by atoms with E-state index in [0.717, 1.165) is 0 Å². The van der Waals surface area contributed by atoms with Gasteiger partial charge in [-0.15, -0.1) is 0 Å². The third-order valence-electron chi connectivity index (χ3n) is 3.56. The van der Waals surface area contributed by atoms with E-state index in [1.807, 2.05) is 0 Å². The Bertz CT molecular complexity index is 443. The fourth-order valence-electron chi connectivity index (χ4n) is 2.36. The van der Waals surface area contributed by atoms with Crippen molar-refractivity contribution in [3.8, 4) is 0 Å². The highest BCUT2D eigenvalue weighted by Gasteiger charge is 2.51. The largest absolute Gasteiger partial charge is 0.397 e. The Kier molecular flexibility index (Phi) is 7.49. The maximum absolute atomic E-state index is 10.8. The first-order valence-electron chi connectivity index (χ1n) is 6.75. The standard InChI is InChI=1S/C11H22O9S2/c1-2-6(13)11(20-22(17,18)19)8(15)5-21-4-7(14)10(16)9(21)3-12/h6-16H,2-5H2,1H3/p+1/t6-,7-,8-,9-,10+,11+,21?/m1/s1. The summed E-state index contributed by atoms with van der Waals surface area (Å²) in [6.45, 7) is 1.15. The van der Waals surface area contributed by atoms with E-state index in [1.54, 1.807) is 6.92 Å². The molecular weight excluding hydrogens is 340 g/mol. The van der Waals surface area contributed by atoms with Crippen LogP contribution in [0.15, 0.2) is 0 Å². The van der Waals surface area contributed by atoms with Crippen LogP contribution in [0.1, 0.15) is 13.3 Å². The van der Waals surface area contributed by atoms with E-state index in [-0.39, 0.29) is 17.9 Å². The van der Waals surface area contributed by atoms with Gasteiger partial charge in [0.15, 0.2) is 5.25 Å². The highest BCUT2D eigenvalue weighted by molar-refractivity contribution is 7.97. The van der Waals surface area contributed by atoms with Crippen LogP contribution in [0, 0.1) is 0 Å². The normalized spacial score (nSPS) is 33.6. The van der Waals surface area contributed by atoms with Crippen LogP contribution in [0.5, 0.6) is 0 Å². The molecule has 1 saturated heterocycles. The highest BCUT2D eigenvalue weighted by Crippen LogP contribution is 2.26. The Labute approximate surface area is 131 Å². The molecule has 1 aliphatic heterocycles. The molecule has 11 heteroatoms. The zero-order chi connectivity index (χ0) is 17.1. The summed E-state index contributed by atoms with van der Waals surface area (Å²) in [5.41, 5.74) is 0. The summed E-state index contributed by atoms with van der Waals surface area (Å²) in [4.78, 5) is 0. The minimum absolute atomic E-state index is 0.0830. The smallest absolute Gasteiger partial charge is 0.391 e. The predicted octanol–water partition coefficient (Wildman–Crippen LogP) is -2.98. The van der Waals surface area contributed by atoms with Gasteiger partial charge in [0.05, 0.1) is 12.7 Å². The van der Waals surface area contributed by atoms with E-state index in [1.165, 1.54) is 0 Å². The minimum Gasteiger partial charge on any atom is -0.391 e. The average Bonchev–Trinajstić information content (AvgIpc) is 2.68. The molecule has 7 atom stereocenters. The number of rotatable bonds is 8. The predicted molar refractivity (Wildman–Crippen MR) is 78.7 cm³/mol. The van der Waals surface area contributed by atoms with Crippen molar-refractivity contribution in [1.82, 2.24) is 0 Å². The molecule has 0 aromatic carbocycles. The number of aliphatic hydroxyl groups is 5. The van der Waals surface area contributed by atoms with Crippen LogP contribution in [0.25, 0.3) is 0 Å². The van der Waals surface area contributed by atoms with Gasteiger partial charge in [-0.05, 0) is 6.42 Å². The molecule has 6 N–H and O–H groups in total. The molecule has 1 rings (SSSR count). The highest BCUT2D eigenvalue weighted by atomic mass is 32.3. The Morgan fingerprint density at radius 1 is 1.27 bits per heavy atom. The number of hydrogen-bond acceptors (Lipinski definition) is 8. The van der Waals surface area contributed by atoms with E-state index in [4.69, 9.17) is 4.55 Å². The quantitative estimate of drug-likeness (QED) is 0.195. The van der Waals surface area contributed by atoms with Gasteiger partial charge in [0.2, 0.25) is 0 Å². The van der Waals surface area contributed by atoms with E-state index in [9.17, 15) is 34.0 Å². The van der Waals surface area contributed by atoms with E-state index >= 15 is 0 Å². The summed E-state index contributed by atoms with van der Waals surface area (Å²) in [5.74, 6) is 0.0564. The van der Waals surface area contributed by atoms with Gasteiger partial charge < -0.3 is 25.5 Å². The first-order valence-corrected chi connectivity index (χ1v) is 9.75. The van der Waals surface area contributed by atoms with Gasteiger partial charge in [0, 0.05) is 10.9 Å². The SMILES string of the molecule is CC[C@@H](O)[C@H](OS(=O)(=O)O)[C@H](O)C[S+]1C[C@@H](O)[C@H](O)[C@H]1CO. The Balaban J connectivity index is 2.80. The Hall–Kier alpha value is 0.0200. The second-order valence-corrected chi connectivity index (χ2v) is 8.58. The molecule has 1 heterocycles. The molecular formula is C11H23O9S2+. The van der Waals surface area contributed by atoms with Crippen LogP contribution in [0.2, 0.25) is 0 Å². The lowest BCUT2D eigenvalue weighted by atomic mass is 10.1. The van der Waals surface area contributed by atoms with Gasteiger partial charge in [-0.25, -0.2) is 4.18 Å².